The molecule has 12 heavy (non-hydrogen) atoms. The fraction of sp³-hybridized carbons (Fsp3) is 0.500. The second-order valence-corrected chi connectivity index (χ2v) is 3.31. The minimum Gasteiger partial charge on any atom is -0.383 e. The highest BCUT2D eigenvalue weighted by atomic mass is 15.0. The average Bonchev–Trinajstić information content (AvgIpc) is 1.84. The van der Waals surface area contributed by atoms with Gasteiger partial charge in [-0.05, 0) is 19.2 Å². The lowest BCUT2D eigenvalue weighted by molar-refractivity contribution is -0.459. The summed E-state index contributed by atoms with van der Waals surface area (Å²) in [7, 11) is 8.06. The van der Waals surface area contributed by atoms with Crippen LogP contribution in [0.25, 0.3) is 0 Å². The van der Waals surface area contributed by atoms with Gasteiger partial charge in [0, 0.05) is 19.7 Å². The van der Waals surface area contributed by atoms with Gasteiger partial charge in [-0.1, -0.05) is 6.08 Å². The van der Waals surface area contributed by atoms with E-state index < -0.39 is 0 Å². The zero-order chi connectivity index (χ0) is 9.56. The zero-order valence-electron chi connectivity index (χ0n) is 8.70. The van der Waals surface area contributed by atoms with E-state index >= 15 is 0 Å². The van der Waals surface area contributed by atoms with Crippen molar-refractivity contribution in [3.63, 3.8) is 0 Å². The molecule has 0 fully saturated rings. The standard InChI is InChI=1S/C10H19N2/c1-10(9-12(4)5)7-6-8-11(2)3/h6-9H,1-5H3/q+1. The van der Waals surface area contributed by atoms with E-state index in [2.05, 4.69) is 19.2 Å². The van der Waals surface area contributed by atoms with Crippen LogP contribution in [-0.2, 0) is 0 Å². The van der Waals surface area contributed by atoms with Crippen molar-refractivity contribution >= 4 is 6.21 Å². The number of rotatable bonds is 3. The largest absolute Gasteiger partial charge is 0.383 e. The van der Waals surface area contributed by atoms with Gasteiger partial charge < -0.3 is 4.90 Å². The third-order valence-electron chi connectivity index (χ3n) is 1.21. The molecule has 0 aromatic rings. The summed E-state index contributed by atoms with van der Waals surface area (Å²) in [5.41, 5.74) is 1.25. The molecule has 0 radical (unpaired) electrons. The smallest absolute Gasteiger partial charge is 0.165 e. The summed E-state index contributed by atoms with van der Waals surface area (Å²) in [4.78, 5) is 2.01. The Bertz CT molecular complexity index is 206. The van der Waals surface area contributed by atoms with E-state index in [0.29, 0.717) is 0 Å². The predicted octanol–water partition coefficient (Wildman–Crippen LogP) is 1.35. The van der Waals surface area contributed by atoms with Crippen LogP contribution in [0.5, 0.6) is 0 Å². The topological polar surface area (TPSA) is 6.25 Å². The highest BCUT2D eigenvalue weighted by Gasteiger charge is 1.85. The first-order valence-corrected chi connectivity index (χ1v) is 4.05. The lowest BCUT2D eigenvalue weighted by atomic mass is 10.3. The highest BCUT2D eigenvalue weighted by Crippen LogP contribution is 1.88. The predicted molar refractivity (Wildman–Crippen MR) is 54.8 cm³/mol. The number of allylic oxidation sites excluding steroid dienone is 3. The summed E-state index contributed by atoms with van der Waals surface area (Å²) in [6, 6.07) is 0. The van der Waals surface area contributed by atoms with E-state index in [4.69, 9.17) is 0 Å². The molecule has 0 aliphatic rings. The Hall–Kier alpha value is -1.05. The average molecular weight is 167 g/mol. The third-order valence-corrected chi connectivity index (χ3v) is 1.21. The molecule has 0 aromatic heterocycles. The van der Waals surface area contributed by atoms with Gasteiger partial charge >= 0.3 is 0 Å². The van der Waals surface area contributed by atoms with Crippen LogP contribution >= 0.6 is 0 Å². The molecule has 0 atom stereocenters. The Balaban J connectivity index is 4.10. The molecule has 0 aromatic carbocycles. The van der Waals surface area contributed by atoms with Gasteiger partial charge in [-0.15, -0.1) is 0 Å². The molecule has 0 rings (SSSR count). The van der Waals surface area contributed by atoms with Crippen molar-refractivity contribution in [3.8, 4) is 0 Å². The van der Waals surface area contributed by atoms with E-state index in [1.54, 1.807) is 0 Å². The van der Waals surface area contributed by atoms with Crippen molar-refractivity contribution in [2.24, 2.45) is 0 Å². The van der Waals surface area contributed by atoms with Gasteiger partial charge in [-0.2, -0.15) is 0 Å². The lowest BCUT2D eigenvalue weighted by Crippen LogP contribution is -2.00. The maximum absolute atomic E-state index is 2.08. The summed E-state index contributed by atoms with van der Waals surface area (Å²) < 4.78 is 2.04. The molecule has 68 valence electrons. The van der Waals surface area contributed by atoms with Crippen molar-refractivity contribution in [2.75, 3.05) is 28.2 Å². The van der Waals surface area contributed by atoms with Gasteiger partial charge in [0.05, 0.1) is 0 Å². The minimum atomic E-state index is 1.25. The molecular weight excluding hydrogens is 148 g/mol. The van der Waals surface area contributed by atoms with E-state index in [9.17, 15) is 0 Å². The van der Waals surface area contributed by atoms with Crippen LogP contribution in [0.4, 0.5) is 0 Å². The van der Waals surface area contributed by atoms with Gasteiger partial charge in [-0.25, -0.2) is 4.58 Å². The number of hydrogen-bond acceptors (Lipinski definition) is 1. The lowest BCUT2D eigenvalue weighted by Gasteiger charge is -2.00. The molecule has 0 saturated heterocycles. The minimum absolute atomic E-state index is 1.25. The van der Waals surface area contributed by atoms with E-state index in [1.807, 2.05) is 49.9 Å². The zero-order valence-corrected chi connectivity index (χ0v) is 8.70. The Kier molecular flexibility index (Phi) is 5.09. The molecule has 2 nitrogen and oxygen atoms in total. The summed E-state index contributed by atoms with van der Waals surface area (Å²) in [5, 5.41) is 0. The monoisotopic (exact) mass is 167 g/mol. The van der Waals surface area contributed by atoms with Crippen LogP contribution in [-0.4, -0.2) is 43.9 Å². The van der Waals surface area contributed by atoms with Crippen LogP contribution in [0.2, 0.25) is 0 Å². The molecule has 2 heteroatoms. The van der Waals surface area contributed by atoms with Crippen molar-refractivity contribution in [1.82, 2.24) is 4.90 Å². The van der Waals surface area contributed by atoms with E-state index in [0.717, 1.165) is 0 Å². The molecule has 0 bridgehead atoms. The van der Waals surface area contributed by atoms with Crippen molar-refractivity contribution in [2.45, 2.75) is 6.92 Å². The van der Waals surface area contributed by atoms with Crippen LogP contribution in [0.15, 0.2) is 23.9 Å². The molecule has 0 aliphatic heterocycles. The van der Waals surface area contributed by atoms with Crippen LogP contribution in [0, 0.1) is 0 Å². The Labute approximate surface area is 75.5 Å². The summed E-state index contributed by atoms with van der Waals surface area (Å²) >= 11 is 0. The molecule has 0 spiro atoms. The summed E-state index contributed by atoms with van der Waals surface area (Å²) in [5.74, 6) is 0. The molecule has 0 unspecified atom stereocenters. The fourth-order valence-electron chi connectivity index (χ4n) is 0.817. The fourth-order valence-corrected chi connectivity index (χ4v) is 0.817. The van der Waals surface area contributed by atoms with E-state index in [1.165, 1.54) is 5.57 Å². The van der Waals surface area contributed by atoms with Gasteiger partial charge in [0.15, 0.2) is 6.21 Å². The van der Waals surface area contributed by atoms with Crippen molar-refractivity contribution < 1.29 is 4.58 Å². The molecule has 0 saturated carbocycles. The molecule has 0 aliphatic carbocycles. The van der Waals surface area contributed by atoms with Crippen molar-refractivity contribution in [3.05, 3.63) is 23.9 Å². The van der Waals surface area contributed by atoms with Crippen LogP contribution in [0.1, 0.15) is 6.92 Å². The van der Waals surface area contributed by atoms with Crippen LogP contribution in [0.3, 0.4) is 0 Å². The summed E-state index contributed by atoms with van der Waals surface area (Å²) in [6.07, 6.45) is 8.22. The first kappa shape index (κ1) is 11.0. The van der Waals surface area contributed by atoms with Gasteiger partial charge in [-0.3, -0.25) is 0 Å². The molecule has 0 N–H and O–H groups in total. The quantitative estimate of drug-likeness (QED) is 0.349. The Morgan fingerprint density at radius 2 is 1.83 bits per heavy atom. The third kappa shape index (κ3) is 7.06. The van der Waals surface area contributed by atoms with Crippen molar-refractivity contribution in [1.29, 1.82) is 0 Å². The van der Waals surface area contributed by atoms with Gasteiger partial charge in [0.25, 0.3) is 0 Å². The van der Waals surface area contributed by atoms with Gasteiger partial charge in [0.1, 0.15) is 14.1 Å². The Morgan fingerprint density at radius 1 is 1.25 bits per heavy atom. The van der Waals surface area contributed by atoms with Crippen LogP contribution < -0.4 is 0 Å². The summed E-state index contributed by atoms with van der Waals surface area (Å²) in [6.45, 7) is 2.08. The molecular formula is C10H19N2+. The van der Waals surface area contributed by atoms with E-state index in [-0.39, 0.29) is 0 Å². The maximum atomic E-state index is 2.08. The Morgan fingerprint density at radius 3 is 2.25 bits per heavy atom. The SMILES string of the molecule is C/C(C=[N+](C)C)=C\C=C\N(C)C. The first-order chi connectivity index (χ1) is 5.52. The maximum Gasteiger partial charge on any atom is 0.165 e. The first-order valence-electron chi connectivity index (χ1n) is 4.05. The highest BCUT2D eigenvalue weighted by molar-refractivity contribution is 5.73. The molecule has 0 amide bonds. The second kappa shape index (κ2) is 5.58. The number of nitrogens with zero attached hydrogens (tertiary/aromatic N) is 2. The number of hydrogen-bond donors (Lipinski definition) is 0. The molecule has 0 heterocycles. The second-order valence-electron chi connectivity index (χ2n) is 3.31. The van der Waals surface area contributed by atoms with Gasteiger partial charge in [0.2, 0.25) is 0 Å². The normalized spacial score (nSPS) is 11.9.